The molecule has 0 saturated carbocycles. The number of nitrogens with zero attached hydrogens (tertiary/aromatic N) is 1. The van der Waals surface area contributed by atoms with E-state index in [4.69, 9.17) is 0 Å². The van der Waals surface area contributed by atoms with E-state index in [1.54, 1.807) is 11.8 Å². The minimum Gasteiger partial charge on any atom is -0.346 e. The number of H-pyrrole nitrogens is 1. The van der Waals surface area contributed by atoms with Crippen molar-refractivity contribution in [2.45, 2.75) is 18.9 Å². The Bertz CT molecular complexity index is 767. The van der Waals surface area contributed by atoms with Gasteiger partial charge in [0.2, 0.25) is 5.91 Å². The summed E-state index contributed by atoms with van der Waals surface area (Å²) in [6, 6.07) is 17.9. The van der Waals surface area contributed by atoms with Gasteiger partial charge in [-0.05, 0) is 30.4 Å². The predicted octanol–water partition coefficient (Wildman–Crippen LogP) is 3.72. The number of hydrogen-bond donors (Lipinski definition) is 2. The first-order chi connectivity index (χ1) is 11.8. The molecule has 2 aromatic carbocycles. The molecule has 0 bridgehead atoms. The Kier molecular flexibility index (Phi) is 5.54. The fraction of sp³-hybridized carbons (Fsp3) is 0.263. The number of aromatic nitrogens is 2. The fourth-order valence-electron chi connectivity index (χ4n) is 2.66. The van der Waals surface area contributed by atoms with Crippen molar-refractivity contribution < 1.29 is 4.79 Å². The van der Waals surface area contributed by atoms with Gasteiger partial charge in [-0.3, -0.25) is 4.79 Å². The van der Waals surface area contributed by atoms with Crippen molar-refractivity contribution in [3.63, 3.8) is 0 Å². The van der Waals surface area contributed by atoms with Gasteiger partial charge in [-0.15, -0.1) is 0 Å². The zero-order valence-electron chi connectivity index (χ0n) is 13.7. The SMILES string of the molecule is CSCCC(=O)N[C@H](Cc1ccccc1)c1nc2ccccc2[nH]1. The summed E-state index contributed by atoms with van der Waals surface area (Å²) in [5.74, 6) is 1.69. The van der Waals surface area contributed by atoms with Gasteiger partial charge in [0.05, 0.1) is 17.1 Å². The van der Waals surface area contributed by atoms with Crippen molar-refractivity contribution >= 4 is 28.7 Å². The second kappa shape index (κ2) is 8.02. The van der Waals surface area contributed by atoms with Crippen molar-refractivity contribution in [2.75, 3.05) is 12.0 Å². The number of fused-ring (bicyclic) bond motifs is 1. The highest BCUT2D eigenvalue weighted by Gasteiger charge is 2.18. The van der Waals surface area contributed by atoms with E-state index in [1.165, 1.54) is 5.56 Å². The molecule has 0 spiro atoms. The second-order valence-corrected chi connectivity index (χ2v) is 6.68. The first kappa shape index (κ1) is 16.6. The van der Waals surface area contributed by atoms with Crippen LogP contribution in [0.5, 0.6) is 0 Å². The van der Waals surface area contributed by atoms with E-state index < -0.39 is 0 Å². The molecule has 0 aliphatic heterocycles. The molecule has 0 unspecified atom stereocenters. The first-order valence-electron chi connectivity index (χ1n) is 8.03. The van der Waals surface area contributed by atoms with Crippen LogP contribution in [-0.2, 0) is 11.2 Å². The van der Waals surface area contributed by atoms with Crippen molar-refractivity contribution in [2.24, 2.45) is 0 Å². The van der Waals surface area contributed by atoms with Gasteiger partial charge < -0.3 is 10.3 Å². The highest BCUT2D eigenvalue weighted by molar-refractivity contribution is 7.98. The van der Waals surface area contributed by atoms with Gasteiger partial charge in [0, 0.05) is 12.2 Å². The molecule has 3 aromatic rings. The summed E-state index contributed by atoms with van der Waals surface area (Å²) in [7, 11) is 0. The molecule has 24 heavy (non-hydrogen) atoms. The number of aromatic amines is 1. The molecular formula is C19H21N3OS. The van der Waals surface area contributed by atoms with Crippen LogP contribution in [0.1, 0.15) is 23.9 Å². The number of carbonyl (C=O) groups is 1. The lowest BCUT2D eigenvalue weighted by Crippen LogP contribution is -2.31. The third-order valence-corrected chi connectivity index (χ3v) is 4.50. The zero-order valence-corrected chi connectivity index (χ0v) is 14.5. The molecule has 124 valence electrons. The van der Waals surface area contributed by atoms with Gasteiger partial charge in [-0.25, -0.2) is 4.98 Å². The third-order valence-electron chi connectivity index (χ3n) is 3.89. The molecule has 3 rings (SSSR count). The van der Waals surface area contributed by atoms with E-state index in [2.05, 4.69) is 27.4 Å². The number of thioether (sulfide) groups is 1. The molecule has 0 aliphatic carbocycles. The van der Waals surface area contributed by atoms with Crippen LogP contribution in [0, 0.1) is 0 Å². The Labute approximate surface area is 146 Å². The molecule has 4 nitrogen and oxygen atoms in total. The van der Waals surface area contributed by atoms with Crippen molar-refractivity contribution in [1.29, 1.82) is 0 Å². The summed E-state index contributed by atoms with van der Waals surface area (Å²) in [6.07, 6.45) is 3.24. The van der Waals surface area contributed by atoms with E-state index >= 15 is 0 Å². The molecule has 1 aromatic heterocycles. The summed E-state index contributed by atoms with van der Waals surface area (Å²) in [5.41, 5.74) is 3.08. The summed E-state index contributed by atoms with van der Waals surface area (Å²) in [5, 5.41) is 3.13. The lowest BCUT2D eigenvalue weighted by molar-refractivity contribution is -0.121. The third kappa shape index (κ3) is 4.17. The van der Waals surface area contributed by atoms with Crippen LogP contribution < -0.4 is 5.32 Å². The lowest BCUT2D eigenvalue weighted by atomic mass is 10.1. The number of benzene rings is 2. The quantitative estimate of drug-likeness (QED) is 0.690. The van der Waals surface area contributed by atoms with E-state index in [0.717, 1.165) is 22.6 Å². The number of rotatable bonds is 7. The Hall–Kier alpha value is -2.27. The van der Waals surface area contributed by atoms with Crippen LogP contribution in [0.4, 0.5) is 0 Å². The standard InChI is InChI=1S/C19H21N3OS/c1-24-12-11-18(23)20-17(13-14-7-3-2-4-8-14)19-21-15-9-5-6-10-16(15)22-19/h2-10,17H,11-13H2,1H3,(H,20,23)(H,21,22)/t17-/m1/s1. The van der Waals surface area contributed by atoms with E-state index in [-0.39, 0.29) is 11.9 Å². The van der Waals surface area contributed by atoms with Crippen molar-refractivity contribution in [3.05, 3.63) is 66.0 Å². The highest BCUT2D eigenvalue weighted by atomic mass is 32.2. The highest BCUT2D eigenvalue weighted by Crippen LogP contribution is 2.20. The number of amides is 1. The number of hydrogen-bond acceptors (Lipinski definition) is 3. The van der Waals surface area contributed by atoms with Gasteiger partial charge >= 0.3 is 0 Å². The van der Waals surface area contributed by atoms with Gasteiger partial charge in [0.25, 0.3) is 0 Å². The van der Waals surface area contributed by atoms with Gasteiger partial charge in [-0.2, -0.15) is 11.8 Å². The summed E-state index contributed by atoms with van der Waals surface area (Å²) in [4.78, 5) is 20.2. The van der Waals surface area contributed by atoms with Crippen molar-refractivity contribution in [1.82, 2.24) is 15.3 Å². The Morgan fingerprint density at radius 3 is 2.67 bits per heavy atom. The average Bonchev–Trinajstić information content (AvgIpc) is 3.04. The van der Waals surface area contributed by atoms with Gasteiger partial charge in [-0.1, -0.05) is 42.5 Å². The number of imidazole rings is 1. The second-order valence-electron chi connectivity index (χ2n) is 5.69. The Morgan fingerprint density at radius 2 is 1.92 bits per heavy atom. The fourth-order valence-corrected chi connectivity index (χ4v) is 3.05. The van der Waals surface area contributed by atoms with E-state index in [1.807, 2.05) is 48.7 Å². The summed E-state index contributed by atoms with van der Waals surface area (Å²) in [6.45, 7) is 0. The molecule has 1 heterocycles. The van der Waals surface area contributed by atoms with Crippen LogP contribution in [-0.4, -0.2) is 27.9 Å². The van der Waals surface area contributed by atoms with Crippen LogP contribution >= 0.6 is 11.8 Å². The number of para-hydroxylation sites is 2. The van der Waals surface area contributed by atoms with Crippen LogP contribution in [0.2, 0.25) is 0 Å². The molecule has 2 N–H and O–H groups in total. The molecule has 0 fully saturated rings. The Morgan fingerprint density at radius 1 is 1.17 bits per heavy atom. The molecule has 0 aliphatic rings. The average molecular weight is 339 g/mol. The maximum absolute atomic E-state index is 12.2. The molecule has 1 amide bonds. The molecule has 0 radical (unpaired) electrons. The van der Waals surface area contributed by atoms with E-state index in [0.29, 0.717) is 12.8 Å². The minimum absolute atomic E-state index is 0.0609. The normalized spacial score (nSPS) is 12.2. The Balaban J connectivity index is 1.84. The summed E-state index contributed by atoms with van der Waals surface area (Å²) >= 11 is 1.68. The monoisotopic (exact) mass is 339 g/mol. The smallest absolute Gasteiger partial charge is 0.221 e. The summed E-state index contributed by atoms with van der Waals surface area (Å²) < 4.78 is 0. The maximum Gasteiger partial charge on any atom is 0.221 e. The lowest BCUT2D eigenvalue weighted by Gasteiger charge is -2.17. The predicted molar refractivity (Wildman–Crippen MR) is 100 cm³/mol. The molecule has 5 heteroatoms. The molecule has 0 saturated heterocycles. The molecular weight excluding hydrogens is 318 g/mol. The topological polar surface area (TPSA) is 57.8 Å². The van der Waals surface area contributed by atoms with Crippen LogP contribution in [0.25, 0.3) is 11.0 Å². The van der Waals surface area contributed by atoms with E-state index in [9.17, 15) is 4.79 Å². The van der Waals surface area contributed by atoms with Crippen molar-refractivity contribution in [3.8, 4) is 0 Å². The zero-order chi connectivity index (χ0) is 16.8. The number of nitrogens with one attached hydrogen (secondary N) is 2. The minimum atomic E-state index is -0.158. The first-order valence-corrected chi connectivity index (χ1v) is 9.42. The van der Waals surface area contributed by atoms with Crippen LogP contribution in [0.3, 0.4) is 0 Å². The van der Waals surface area contributed by atoms with Crippen LogP contribution in [0.15, 0.2) is 54.6 Å². The van der Waals surface area contributed by atoms with Gasteiger partial charge in [0.1, 0.15) is 5.82 Å². The largest absolute Gasteiger partial charge is 0.346 e. The molecule has 1 atom stereocenters. The van der Waals surface area contributed by atoms with Gasteiger partial charge in [0.15, 0.2) is 0 Å². The number of carbonyl (C=O) groups excluding carboxylic acids is 1. The maximum atomic E-state index is 12.2.